The third-order valence-corrected chi connectivity index (χ3v) is 4.68. The molecule has 1 aromatic carbocycles. The number of alkyl halides is 2. The van der Waals surface area contributed by atoms with E-state index in [2.05, 4.69) is 17.0 Å². The number of hydrogen-bond donors (Lipinski definition) is 0. The Bertz CT molecular complexity index is 511. The standard InChI is InChI=1S/C17H22F2N2O/c18-17(19)7-10-21(11-8-17)16(22)15-6-9-20(13-15)12-14-4-2-1-3-5-14/h1-5,15H,6-13H2. The number of halogens is 2. The van der Waals surface area contributed by atoms with Gasteiger partial charge in [-0.2, -0.15) is 0 Å². The van der Waals surface area contributed by atoms with Gasteiger partial charge in [-0.1, -0.05) is 30.3 Å². The van der Waals surface area contributed by atoms with Gasteiger partial charge in [-0.25, -0.2) is 8.78 Å². The zero-order valence-corrected chi connectivity index (χ0v) is 12.7. The minimum absolute atomic E-state index is 0.0320. The lowest BCUT2D eigenvalue weighted by atomic mass is 10.0. The van der Waals surface area contributed by atoms with Gasteiger partial charge in [-0.3, -0.25) is 9.69 Å². The lowest BCUT2D eigenvalue weighted by molar-refractivity contribution is -0.141. The molecule has 0 aliphatic carbocycles. The van der Waals surface area contributed by atoms with E-state index in [1.54, 1.807) is 4.90 Å². The number of amides is 1. The molecule has 0 bridgehead atoms. The maximum atomic E-state index is 13.2. The number of piperidine rings is 1. The monoisotopic (exact) mass is 308 g/mol. The highest BCUT2D eigenvalue weighted by Crippen LogP contribution is 2.29. The van der Waals surface area contributed by atoms with Gasteiger partial charge in [-0.15, -0.1) is 0 Å². The molecule has 120 valence electrons. The average molecular weight is 308 g/mol. The Hall–Kier alpha value is -1.49. The van der Waals surface area contributed by atoms with Crippen LogP contribution in [0.2, 0.25) is 0 Å². The second kappa shape index (κ2) is 6.32. The molecule has 0 N–H and O–H groups in total. The normalized spacial score (nSPS) is 25.4. The van der Waals surface area contributed by atoms with Crippen molar-refractivity contribution in [3.8, 4) is 0 Å². The molecule has 1 aromatic rings. The van der Waals surface area contributed by atoms with Crippen LogP contribution in [0.25, 0.3) is 0 Å². The van der Waals surface area contributed by atoms with E-state index >= 15 is 0 Å². The molecule has 3 rings (SSSR count). The lowest BCUT2D eigenvalue weighted by Crippen LogP contribution is -2.45. The molecule has 1 amide bonds. The first-order valence-corrected chi connectivity index (χ1v) is 7.96. The van der Waals surface area contributed by atoms with Crippen LogP contribution in [-0.2, 0) is 11.3 Å². The molecule has 5 heteroatoms. The van der Waals surface area contributed by atoms with Gasteiger partial charge in [0.15, 0.2) is 0 Å². The largest absolute Gasteiger partial charge is 0.342 e. The van der Waals surface area contributed by atoms with Crippen molar-refractivity contribution in [2.45, 2.75) is 31.7 Å². The van der Waals surface area contributed by atoms with Gasteiger partial charge in [0.1, 0.15) is 0 Å². The summed E-state index contributed by atoms with van der Waals surface area (Å²) in [5.41, 5.74) is 1.24. The van der Waals surface area contributed by atoms with E-state index < -0.39 is 5.92 Å². The lowest BCUT2D eigenvalue weighted by Gasteiger charge is -2.33. The summed E-state index contributed by atoms with van der Waals surface area (Å²) in [6.45, 7) is 2.88. The number of carbonyl (C=O) groups excluding carboxylic acids is 1. The summed E-state index contributed by atoms with van der Waals surface area (Å²) < 4.78 is 26.4. The average Bonchev–Trinajstić information content (AvgIpc) is 2.96. The summed E-state index contributed by atoms with van der Waals surface area (Å²) in [6.07, 6.45) is 0.441. The Kier molecular flexibility index (Phi) is 4.43. The fraction of sp³-hybridized carbons (Fsp3) is 0.588. The van der Waals surface area contributed by atoms with E-state index in [9.17, 15) is 13.6 Å². The third-order valence-electron chi connectivity index (χ3n) is 4.68. The fourth-order valence-electron chi connectivity index (χ4n) is 3.33. The second-order valence-electron chi connectivity index (χ2n) is 6.39. The Morgan fingerprint density at radius 1 is 1.14 bits per heavy atom. The molecule has 3 nitrogen and oxygen atoms in total. The van der Waals surface area contributed by atoms with Crippen LogP contribution in [-0.4, -0.2) is 47.8 Å². The molecule has 2 saturated heterocycles. The number of likely N-dealkylation sites (tertiary alicyclic amines) is 2. The highest BCUT2D eigenvalue weighted by Gasteiger charge is 2.38. The molecule has 2 aliphatic heterocycles. The zero-order chi connectivity index (χ0) is 15.6. The number of nitrogens with zero attached hydrogens (tertiary/aromatic N) is 2. The summed E-state index contributed by atoms with van der Waals surface area (Å²) in [7, 11) is 0. The topological polar surface area (TPSA) is 23.6 Å². The molecule has 0 saturated carbocycles. The van der Waals surface area contributed by atoms with Crippen molar-refractivity contribution in [1.29, 1.82) is 0 Å². The predicted molar refractivity (Wildman–Crippen MR) is 80.6 cm³/mol. The first-order chi connectivity index (χ1) is 10.5. The van der Waals surface area contributed by atoms with Crippen molar-refractivity contribution in [3.05, 3.63) is 35.9 Å². The zero-order valence-electron chi connectivity index (χ0n) is 12.7. The van der Waals surface area contributed by atoms with Gasteiger partial charge >= 0.3 is 0 Å². The van der Waals surface area contributed by atoms with Gasteiger partial charge in [0.25, 0.3) is 5.92 Å². The van der Waals surface area contributed by atoms with Gasteiger partial charge < -0.3 is 4.90 Å². The van der Waals surface area contributed by atoms with Crippen molar-refractivity contribution >= 4 is 5.91 Å². The van der Waals surface area contributed by atoms with E-state index in [0.29, 0.717) is 0 Å². The van der Waals surface area contributed by atoms with Crippen molar-refractivity contribution < 1.29 is 13.6 Å². The van der Waals surface area contributed by atoms with Gasteiger partial charge in [0, 0.05) is 39.0 Å². The van der Waals surface area contributed by atoms with Crippen molar-refractivity contribution in [2.75, 3.05) is 26.2 Å². The van der Waals surface area contributed by atoms with E-state index in [0.717, 1.165) is 26.1 Å². The van der Waals surface area contributed by atoms with Crippen molar-refractivity contribution in [3.63, 3.8) is 0 Å². The summed E-state index contributed by atoms with van der Waals surface area (Å²) in [4.78, 5) is 16.4. The number of hydrogen-bond acceptors (Lipinski definition) is 2. The molecule has 2 aliphatic rings. The molecule has 1 unspecified atom stereocenters. The minimum Gasteiger partial charge on any atom is -0.342 e. The first-order valence-electron chi connectivity index (χ1n) is 7.96. The van der Waals surface area contributed by atoms with E-state index in [1.165, 1.54) is 5.56 Å². The number of rotatable bonds is 3. The van der Waals surface area contributed by atoms with Crippen LogP contribution in [0.5, 0.6) is 0 Å². The summed E-state index contributed by atoms with van der Waals surface area (Å²) in [5.74, 6) is -2.56. The van der Waals surface area contributed by atoms with Crippen LogP contribution >= 0.6 is 0 Å². The molecule has 0 aromatic heterocycles. The van der Waals surface area contributed by atoms with Crippen LogP contribution in [0.3, 0.4) is 0 Å². The molecule has 22 heavy (non-hydrogen) atoms. The molecular weight excluding hydrogens is 286 g/mol. The highest BCUT2D eigenvalue weighted by atomic mass is 19.3. The van der Waals surface area contributed by atoms with E-state index in [4.69, 9.17) is 0 Å². The maximum Gasteiger partial charge on any atom is 0.251 e. The summed E-state index contributed by atoms with van der Waals surface area (Å²) >= 11 is 0. The summed E-state index contributed by atoms with van der Waals surface area (Å²) in [5, 5.41) is 0. The van der Waals surface area contributed by atoms with Gasteiger partial charge in [-0.05, 0) is 18.5 Å². The molecule has 1 atom stereocenters. The molecule has 2 heterocycles. The van der Waals surface area contributed by atoms with Crippen molar-refractivity contribution in [1.82, 2.24) is 9.80 Å². The minimum atomic E-state index is -2.59. The highest BCUT2D eigenvalue weighted by molar-refractivity contribution is 5.79. The SMILES string of the molecule is O=C(C1CCN(Cc2ccccc2)C1)N1CCC(F)(F)CC1. The van der Waals surface area contributed by atoms with Crippen molar-refractivity contribution in [2.24, 2.45) is 5.92 Å². The van der Waals surface area contributed by atoms with E-state index in [1.807, 2.05) is 18.2 Å². The second-order valence-corrected chi connectivity index (χ2v) is 6.39. The molecular formula is C17H22F2N2O. The third kappa shape index (κ3) is 3.64. The fourth-order valence-corrected chi connectivity index (χ4v) is 3.33. The van der Waals surface area contributed by atoms with Crippen LogP contribution < -0.4 is 0 Å². The number of benzene rings is 1. The summed E-state index contributed by atoms with van der Waals surface area (Å²) in [6, 6.07) is 10.2. The molecule has 2 fully saturated rings. The Labute approximate surface area is 129 Å². The Balaban J connectivity index is 1.51. The van der Waals surface area contributed by atoms with Gasteiger partial charge in [0.05, 0.1) is 5.92 Å². The first kappa shape index (κ1) is 15.4. The smallest absolute Gasteiger partial charge is 0.251 e. The van der Waals surface area contributed by atoms with Crippen LogP contribution in [0.4, 0.5) is 8.78 Å². The number of carbonyl (C=O) groups is 1. The van der Waals surface area contributed by atoms with E-state index in [-0.39, 0.29) is 37.8 Å². The maximum absolute atomic E-state index is 13.2. The van der Waals surface area contributed by atoms with Crippen LogP contribution in [0.15, 0.2) is 30.3 Å². The van der Waals surface area contributed by atoms with Crippen LogP contribution in [0.1, 0.15) is 24.8 Å². The molecule has 0 spiro atoms. The van der Waals surface area contributed by atoms with Gasteiger partial charge in [0.2, 0.25) is 5.91 Å². The van der Waals surface area contributed by atoms with Crippen LogP contribution in [0, 0.1) is 5.92 Å². The predicted octanol–water partition coefficient (Wildman–Crippen LogP) is 2.77. The Morgan fingerprint density at radius 2 is 1.82 bits per heavy atom. The Morgan fingerprint density at radius 3 is 2.50 bits per heavy atom. The molecule has 0 radical (unpaired) electrons. The quantitative estimate of drug-likeness (QED) is 0.857.